The molecule has 0 bridgehead atoms. The van der Waals surface area contributed by atoms with Crippen LogP contribution in [0.5, 0.6) is 0 Å². The third-order valence-corrected chi connectivity index (χ3v) is 4.03. The van der Waals surface area contributed by atoms with Crippen molar-refractivity contribution in [3.05, 3.63) is 32.8 Å². The van der Waals surface area contributed by atoms with Crippen LogP contribution < -0.4 is 10.0 Å². The Morgan fingerprint density at radius 2 is 2.11 bits per heavy atom. The van der Waals surface area contributed by atoms with Crippen LogP contribution >= 0.6 is 15.9 Å². The maximum absolute atomic E-state index is 11.9. The highest BCUT2D eigenvalue weighted by Crippen LogP contribution is 2.26. The minimum Gasteiger partial charge on any atom is -0.358 e. The zero-order valence-electron chi connectivity index (χ0n) is 9.71. The maximum atomic E-state index is 11.9. The van der Waals surface area contributed by atoms with Gasteiger partial charge in [-0.1, -0.05) is 15.9 Å². The van der Waals surface area contributed by atoms with E-state index < -0.39 is 38.0 Å². The van der Waals surface area contributed by atoms with Crippen LogP contribution in [0.2, 0.25) is 0 Å². The number of nitro groups is 1. The van der Waals surface area contributed by atoms with Crippen molar-refractivity contribution < 1.29 is 18.1 Å². The molecule has 0 spiro atoms. The van der Waals surface area contributed by atoms with Gasteiger partial charge in [0.2, 0.25) is 15.9 Å². The summed E-state index contributed by atoms with van der Waals surface area (Å²) in [7, 11) is -2.80. The summed E-state index contributed by atoms with van der Waals surface area (Å²) in [6.45, 7) is -0.498. The zero-order chi connectivity index (χ0) is 14.6. The summed E-state index contributed by atoms with van der Waals surface area (Å²) in [4.78, 5) is 20.5. The van der Waals surface area contributed by atoms with E-state index in [4.69, 9.17) is 0 Å². The molecule has 1 rings (SSSR count). The first-order chi connectivity index (χ1) is 8.77. The van der Waals surface area contributed by atoms with Gasteiger partial charge in [0.25, 0.3) is 5.69 Å². The summed E-state index contributed by atoms with van der Waals surface area (Å²) in [5, 5.41) is 13.0. The van der Waals surface area contributed by atoms with Crippen molar-refractivity contribution in [1.82, 2.24) is 10.0 Å². The number of sulfonamides is 1. The first-order valence-corrected chi connectivity index (χ1v) is 7.19. The Bertz CT molecular complexity index is 616. The Balaban J connectivity index is 3.16. The number of nitro benzene ring substituents is 1. The van der Waals surface area contributed by atoms with Crippen molar-refractivity contribution in [2.24, 2.45) is 0 Å². The van der Waals surface area contributed by atoms with E-state index in [0.717, 1.165) is 12.1 Å². The molecule has 0 heterocycles. The molecule has 0 aliphatic carbocycles. The van der Waals surface area contributed by atoms with Crippen LogP contribution in [0.3, 0.4) is 0 Å². The van der Waals surface area contributed by atoms with Gasteiger partial charge in [0.1, 0.15) is 0 Å². The summed E-state index contributed by atoms with van der Waals surface area (Å²) >= 11 is 3.04. The van der Waals surface area contributed by atoms with E-state index in [1.54, 1.807) is 0 Å². The first kappa shape index (κ1) is 15.5. The molecular weight excluding hydrogens is 342 g/mol. The van der Waals surface area contributed by atoms with Crippen LogP contribution in [0.25, 0.3) is 0 Å². The quantitative estimate of drug-likeness (QED) is 0.587. The Morgan fingerprint density at radius 3 is 2.63 bits per heavy atom. The third-order valence-electron chi connectivity index (χ3n) is 2.11. The van der Waals surface area contributed by atoms with E-state index in [1.165, 1.54) is 13.1 Å². The molecule has 104 valence electrons. The minimum atomic E-state index is -4.15. The highest BCUT2D eigenvalue weighted by molar-refractivity contribution is 9.10. The second kappa shape index (κ2) is 6.08. The van der Waals surface area contributed by atoms with Gasteiger partial charge in [-0.25, -0.2) is 13.1 Å². The molecule has 0 radical (unpaired) electrons. The van der Waals surface area contributed by atoms with E-state index in [9.17, 15) is 23.3 Å². The molecule has 10 heteroatoms. The minimum absolute atomic E-state index is 0.374. The van der Waals surface area contributed by atoms with Crippen LogP contribution in [0.4, 0.5) is 5.69 Å². The molecule has 0 saturated carbocycles. The number of carbonyl (C=O) groups excluding carboxylic acids is 1. The molecule has 19 heavy (non-hydrogen) atoms. The summed E-state index contributed by atoms with van der Waals surface area (Å²) in [6.07, 6.45) is 0. The van der Waals surface area contributed by atoms with Gasteiger partial charge in [-0.3, -0.25) is 14.9 Å². The van der Waals surface area contributed by atoms with E-state index in [-0.39, 0.29) is 0 Å². The maximum Gasteiger partial charge on any atom is 0.289 e. The lowest BCUT2D eigenvalue weighted by Crippen LogP contribution is -2.35. The van der Waals surface area contributed by atoms with Crippen molar-refractivity contribution in [2.45, 2.75) is 4.90 Å². The van der Waals surface area contributed by atoms with Crippen molar-refractivity contribution >= 4 is 37.5 Å². The molecule has 8 nitrogen and oxygen atoms in total. The number of hydrogen-bond donors (Lipinski definition) is 2. The number of rotatable bonds is 5. The predicted octanol–water partition coefficient (Wildman–Crippen LogP) is 0.382. The SMILES string of the molecule is CNC(=O)CNS(=O)(=O)c1cc(Br)ccc1[N+](=O)[O-]. The van der Waals surface area contributed by atoms with Gasteiger partial charge >= 0.3 is 0 Å². The molecular formula is C9H10BrN3O5S. The lowest BCUT2D eigenvalue weighted by Gasteiger charge is -2.07. The number of halogens is 1. The van der Waals surface area contributed by atoms with Crippen LogP contribution in [0.1, 0.15) is 0 Å². The molecule has 0 aliphatic heterocycles. The van der Waals surface area contributed by atoms with Crippen molar-refractivity contribution in [2.75, 3.05) is 13.6 Å². The molecule has 0 saturated heterocycles. The van der Waals surface area contributed by atoms with Crippen molar-refractivity contribution in [3.8, 4) is 0 Å². The molecule has 1 aromatic rings. The summed E-state index contributed by atoms with van der Waals surface area (Å²) < 4.78 is 26.2. The summed E-state index contributed by atoms with van der Waals surface area (Å²) in [5.74, 6) is -0.554. The van der Waals surface area contributed by atoms with Crippen LogP contribution in [-0.2, 0) is 14.8 Å². The number of nitrogens with zero attached hydrogens (tertiary/aromatic N) is 1. The van der Waals surface area contributed by atoms with Crippen molar-refractivity contribution in [3.63, 3.8) is 0 Å². The molecule has 0 fully saturated rings. The largest absolute Gasteiger partial charge is 0.358 e. The second-order valence-corrected chi connectivity index (χ2v) is 6.02. The monoisotopic (exact) mass is 351 g/mol. The lowest BCUT2D eigenvalue weighted by atomic mass is 10.3. The van der Waals surface area contributed by atoms with E-state index in [2.05, 4.69) is 21.2 Å². The molecule has 1 aromatic carbocycles. The third kappa shape index (κ3) is 3.98. The standard InChI is InChI=1S/C9H10BrN3O5S/c1-11-9(14)5-12-19(17,18)8-4-6(10)2-3-7(8)13(15)16/h2-4,12H,5H2,1H3,(H,11,14). The van der Waals surface area contributed by atoms with Gasteiger partial charge in [-0.05, 0) is 12.1 Å². The molecule has 2 N–H and O–H groups in total. The molecule has 0 atom stereocenters. The highest BCUT2D eigenvalue weighted by atomic mass is 79.9. The average Bonchev–Trinajstić information content (AvgIpc) is 2.35. The fraction of sp³-hybridized carbons (Fsp3) is 0.222. The molecule has 0 aliphatic rings. The van der Waals surface area contributed by atoms with Gasteiger partial charge in [0.05, 0.1) is 11.5 Å². The fourth-order valence-corrected chi connectivity index (χ4v) is 2.87. The van der Waals surface area contributed by atoms with E-state index in [1.807, 2.05) is 4.72 Å². The van der Waals surface area contributed by atoms with Crippen LogP contribution in [0, 0.1) is 10.1 Å². The number of carbonyl (C=O) groups is 1. The smallest absolute Gasteiger partial charge is 0.289 e. The van der Waals surface area contributed by atoms with Gasteiger partial charge in [0, 0.05) is 17.6 Å². The predicted molar refractivity (Wildman–Crippen MR) is 70.1 cm³/mol. The Hall–Kier alpha value is -1.52. The van der Waals surface area contributed by atoms with Crippen LogP contribution in [-0.4, -0.2) is 32.8 Å². The zero-order valence-corrected chi connectivity index (χ0v) is 12.1. The van der Waals surface area contributed by atoms with Crippen LogP contribution in [0.15, 0.2) is 27.6 Å². The number of likely N-dealkylation sites (N-methyl/N-ethyl adjacent to an activating group) is 1. The number of amides is 1. The number of hydrogen-bond acceptors (Lipinski definition) is 5. The Kier molecular flexibility index (Phi) is 4.97. The normalized spacial score (nSPS) is 11.1. The topological polar surface area (TPSA) is 118 Å². The first-order valence-electron chi connectivity index (χ1n) is 4.92. The number of benzene rings is 1. The molecule has 0 aromatic heterocycles. The summed E-state index contributed by atoms with van der Waals surface area (Å²) in [6, 6.07) is 3.53. The van der Waals surface area contributed by atoms with Gasteiger partial charge in [-0.15, -0.1) is 0 Å². The molecule has 0 unspecified atom stereocenters. The van der Waals surface area contributed by atoms with E-state index in [0.29, 0.717) is 4.47 Å². The number of nitrogens with one attached hydrogen (secondary N) is 2. The van der Waals surface area contributed by atoms with E-state index >= 15 is 0 Å². The second-order valence-electron chi connectivity index (χ2n) is 3.37. The van der Waals surface area contributed by atoms with Crippen molar-refractivity contribution in [1.29, 1.82) is 0 Å². The Labute approximate surface area is 117 Å². The summed E-state index contributed by atoms with van der Waals surface area (Å²) in [5.41, 5.74) is -0.562. The van der Waals surface area contributed by atoms with Gasteiger partial charge < -0.3 is 5.32 Å². The average molecular weight is 352 g/mol. The Morgan fingerprint density at radius 1 is 1.47 bits per heavy atom. The molecule has 1 amide bonds. The lowest BCUT2D eigenvalue weighted by molar-refractivity contribution is -0.387. The van der Waals surface area contributed by atoms with Gasteiger partial charge in [0.15, 0.2) is 4.90 Å². The highest BCUT2D eigenvalue weighted by Gasteiger charge is 2.26. The van der Waals surface area contributed by atoms with Gasteiger partial charge in [-0.2, -0.15) is 0 Å². The fourth-order valence-electron chi connectivity index (χ4n) is 1.18.